The lowest BCUT2D eigenvalue weighted by Crippen LogP contribution is -2.36. The highest BCUT2D eigenvalue weighted by Crippen LogP contribution is 2.17. The number of nitrogens with one attached hydrogen (secondary N) is 1. The zero-order valence-electron chi connectivity index (χ0n) is 11.7. The molecule has 4 heteroatoms. The quantitative estimate of drug-likeness (QED) is 0.909. The molecule has 0 radical (unpaired) electrons. The summed E-state index contributed by atoms with van der Waals surface area (Å²) in [5.41, 5.74) is 1.44. The highest BCUT2D eigenvalue weighted by atomic mass is 32.2. The van der Waals surface area contributed by atoms with Crippen LogP contribution >= 0.6 is 11.8 Å². The summed E-state index contributed by atoms with van der Waals surface area (Å²) in [6.45, 7) is 10.8. The fourth-order valence-corrected chi connectivity index (χ4v) is 2.96. The third kappa shape index (κ3) is 4.34. The van der Waals surface area contributed by atoms with E-state index in [0.717, 1.165) is 18.8 Å². The summed E-state index contributed by atoms with van der Waals surface area (Å²) in [6.07, 6.45) is 1.81. The number of nitrogens with zero attached hydrogens (tertiary/aromatic N) is 1. The molecule has 0 unspecified atom stereocenters. The first kappa shape index (κ1) is 14.0. The monoisotopic (exact) mass is 268 g/mol. The zero-order valence-corrected chi connectivity index (χ0v) is 12.5. The number of hydrogen-bond donors (Lipinski definition) is 1. The van der Waals surface area contributed by atoms with Crippen LogP contribution in [0.3, 0.4) is 0 Å². The van der Waals surface area contributed by atoms with Gasteiger partial charge in [-0.2, -0.15) is 11.8 Å². The Morgan fingerprint density at radius 1 is 1.33 bits per heavy atom. The third-order valence-electron chi connectivity index (χ3n) is 3.12. The molecule has 0 spiro atoms. The Balaban J connectivity index is 1.90. The summed E-state index contributed by atoms with van der Waals surface area (Å²) < 4.78 is 5.64. The summed E-state index contributed by atoms with van der Waals surface area (Å²) in [6, 6.07) is 2.09. The summed E-state index contributed by atoms with van der Waals surface area (Å²) in [5, 5.41) is 3.52. The van der Waals surface area contributed by atoms with E-state index in [4.69, 9.17) is 4.42 Å². The summed E-state index contributed by atoms with van der Waals surface area (Å²) in [5.74, 6) is 3.62. The van der Waals surface area contributed by atoms with E-state index in [0.29, 0.717) is 0 Å². The minimum Gasteiger partial charge on any atom is -0.468 e. The molecule has 0 bridgehead atoms. The van der Waals surface area contributed by atoms with Gasteiger partial charge >= 0.3 is 0 Å². The van der Waals surface area contributed by atoms with Crippen molar-refractivity contribution in [3.63, 3.8) is 0 Å². The maximum Gasteiger partial charge on any atom is 0.122 e. The molecule has 1 fully saturated rings. The van der Waals surface area contributed by atoms with E-state index in [1.807, 2.05) is 18.0 Å². The minimum atomic E-state index is 0.149. The molecular formula is C14H24N2OS. The molecule has 1 aromatic rings. The van der Waals surface area contributed by atoms with E-state index in [-0.39, 0.29) is 5.54 Å². The van der Waals surface area contributed by atoms with Gasteiger partial charge in [-0.25, -0.2) is 0 Å². The van der Waals surface area contributed by atoms with Crippen molar-refractivity contribution in [3.05, 3.63) is 23.7 Å². The Morgan fingerprint density at radius 2 is 2.06 bits per heavy atom. The second-order valence-electron chi connectivity index (χ2n) is 5.86. The van der Waals surface area contributed by atoms with Crippen LogP contribution in [0, 0.1) is 0 Å². The van der Waals surface area contributed by atoms with Crippen LogP contribution in [-0.4, -0.2) is 35.0 Å². The molecule has 0 amide bonds. The van der Waals surface area contributed by atoms with Gasteiger partial charge in [-0.1, -0.05) is 0 Å². The van der Waals surface area contributed by atoms with Crippen LogP contribution in [0.2, 0.25) is 0 Å². The molecule has 1 aliphatic rings. The molecule has 0 atom stereocenters. The molecule has 0 saturated carbocycles. The van der Waals surface area contributed by atoms with Crippen molar-refractivity contribution < 1.29 is 4.42 Å². The van der Waals surface area contributed by atoms with E-state index in [1.54, 1.807) is 0 Å². The second-order valence-corrected chi connectivity index (χ2v) is 7.09. The first-order chi connectivity index (χ1) is 8.54. The molecule has 1 saturated heterocycles. The smallest absolute Gasteiger partial charge is 0.122 e. The summed E-state index contributed by atoms with van der Waals surface area (Å²) in [4.78, 5) is 2.48. The topological polar surface area (TPSA) is 28.4 Å². The lowest BCUT2D eigenvalue weighted by Gasteiger charge is -2.26. The van der Waals surface area contributed by atoms with Crippen LogP contribution < -0.4 is 5.32 Å². The highest BCUT2D eigenvalue weighted by molar-refractivity contribution is 7.99. The fraction of sp³-hybridized carbons (Fsp3) is 0.714. The molecule has 102 valence electrons. The Hall–Kier alpha value is -0.450. The molecule has 2 heterocycles. The van der Waals surface area contributed by atoms with E-state index in [9.17, 15) is 0 Å². The van der Waals surface area contributed by atoms with Gasteiger partial charge in [0.05, 0.1) is 12.8 Å². The number of hydrogen-bond acceptors (Lipinski definition) is 4. The lowest BCUT2D eigenvalue weighted by atomic mass is 10.1. The van der Waals surface area contributed by atoms with Crippen molar-refractivity contribution in [1.29, 1.82) is 0 Å². The predicted octanol–water partition coefficient (Wildman–Crippen LogP) is 2.72. The average molecular weight is 268 g/mol. The van der Waals surface area contributed by atoms with Crippen molar-refractivity contribution >= 4 is 11.8 Å². The van der Waals surface area contributed by atoms with Gasteiger partial charge < -0.3 is 9.73 Å². The van der Waals surface area contributed by atoms with Gasteiger partial charge in [-0.15, -0.1) is 0 Å². The SMILES string of the molecule is CC(C)(C)NCc1ccoc1CN1CCSCC1. The molecule has 2 rings (SSSR count). The molecule has 0 aromatic carbocycles. The first-order valence-electron chi connectivity index (χ1n) is 6.65. The van der Waals surface area contributed by atoms with Crippen molar-refractivity contribution in [3.8, 4) is 0 Å². The number of thioether (sulfide) groups is 1. The van der Waals surface area contributed by atoms with E-state index < -0.39 is 0 Å². The highest BCUT2D eigenvalue weighted by Gasteiger charge is 2.16. The van der Waals surface area contributed by atoms with Crippen molar-refractivity contribution in [1.82, 2.24) is 10.2 Å². The van der Waals surface area contributed by atoms with Crippen LogP contribution in [0.15, 0.2) is 16.7 Å². The maximum absolute atomic E-state index is 5.64. The van der Waals surface area contributed by atoms with Gasteiger partial charge in [0.2, 0.25) is 0 Å². The Kier molecular flexibility index (Phi) is 4.76. The van der Waals surface area contributed by atoms with Gasteiger partial charge in [0.25, 0.3) is 0 Å². The Morgan fingerprint density at radius 3 is 2.72 bits per heavy atom. The van der Waals surface area contributed by atoms with Crippen LogP contribution in [0.5, 0.6) is 0 Å². The van der Waals surface area contributed by atoms with Gasteiger partial charge in [-0.05, 0) is 26.8 Å². The average Bonchev–Trinajstić information content (AvgIpc) is 2.74. The second kappa shape index (κ2) is 6.13. The molecule has 3 nitrogen and oxygen atoms in total. The molecule has 18 heavy (non-hydrogen) atoms. The molecule has 1 aromatic heterocycles. The summed E-state index contributed by atoms with van der Waals surface area (Å²) in [7, 11) is 0. The zero-order chi connectivity index (χ0) is 13.0. The van der Waals surface area contributed by atoms with E-state index >= 15 is 0 Å². The summed E-state index contributed by atoms with van der Waals surface area (Å²) >= 11 is 2.04. The van der Waals surface area contributed by atoms with Gasteiger partial charge in [0.15, 0.2) is 0 Å². The number of rotatable bonds is 4. The van der Waals surface area contributed by atoms with Gasteiger partial charge in [0, 0.05) is 42.2 Å². The van der Waals surface area contributed by atoms with Crippen LogP contribution in [0.4, 0.5) is 0 Å². The number of furan rings is 1. The molecular weight excluding hydrogens is 244 g/mol. The standard InChI is InChI=1S/C14H24N2OS/c1-14(2,3)15-10-12-4-7-17-13(12)11-16-5-8-18-9-6-16/h4,7,15H,5-6,8-11H2,1-3H3. The molecule has 1 aliphatic heterocycles. The third-order valence-corrected chi connectivity index (χ3v) is 4.06. The van der Waals surface area contributed by atoms with E-state index in [1.165, 1.54) is 30.2 Å². The minimum absolute atomic E-state index is 0.149. The van der Waals surface area contributed by atoms with Crippen LogP contribution in [0.25, 0.3) is 0 Å². The molecule has 1 N–H and O–H groups in total. The lowest BCUT2D eigenvalue weighted by molar-refractivity contribution is 0.265. The predicted molar refractivity (Wildman–Crippen MR) is 77.9 cm³/mol. The van der Waals surface area contributed by atoms with Crippen molar-refractivity contribution in [2.24, 2.45) is 0 Å². The first-order valence-corrected chi connectivity index (χ1v) is 7.80. The van der Waals surface area contributed by atoms with Crippen molar-refractivity contribution in [2.45, 2.75) is 39.4 Å². The normalized spacial score (nSPS) is 18.2. The Labute approximate surface area is 114 Å². The Bertz CT molecular complexity index is 364. The van der Waals surface area contributed by atoms with Gasteiger partial charge in [0.1, 0.15) is 5.76 Å². The fourth-order valence-electron chi connectivity index (χ4n) is 1.99. The van der Waals surface area contributed by atoms with Crippen LogP contribution in [-0.2, 0) is 13.1 Å². The van der Waals surface area contributed by atoms with E-state index in [2.05, 4.69) is 37.1 Å². The van der Waals surface area contributed by atoms with Crippen molar-refractivity contribution in [2.75, 3.05) is 24.6 Å². The largest absolute Gasteiger partial charge is 0.468 e. The van der Waals surface area contributed by atoms with Gasteiger partial charge in [-0.3, -0.25) is 4.90 Å². The van der Waals surface area contributed by atoms with Crippen LogP contribution in [0.1, 0.15) is 32.1 Å². The molecule has 0 aliphatic carbocycles. The maximum atomic E-state index is 5.64.